The van der Waals surface area contributed by atoms with Gasteiger partial charge in [0, 0.05) is 0 Å². The first kappa shape index (κ1) is 22.6. The molecule has 2 rings (SSSR count). The van der Waals surface area contributed by atoms with E-state index in [1.165, 1.54) is 50.8 Å². The minimum atomic E-state index is -1.34. The number of hydrogen-bond donors (Lipinski definition) is 3. The van der Waals surface area contributed by atoms with Crippen molar-refractivity contribution < 1.29 is 29.3 Å². The number of allylic oxidation sites excluding steroid dienone is 4. The third-order valence-corrected chi connectivity index (χ3v) is 3.80. The maximum atomic E-state index is 10.9. The number of nitrogens with two attached hydrogens (primary N) is 1. The third-order valence-electron chi connectivity index (χ3n) is 3.80. The highest BCUT2D eigenvalue weighted by Gasteiger charge is 2.42. The van der Waals surface area contributed by atoms with Crippen LogP contribution in [-0.2, 0) is 19.1 Å². The summed E-state index contributed by atoms with van der Waals surface area (Å²) in [5.74, 6) is -2.32. The van der Waals surface area contributed by atoms with E-state index in [0.29, 0.717) is 13.1 Å². The van der Waals surface area contributed by atoms with Gasteiger partial charge in [0.2, 0.25) is 0 Å². The summed E-state index contributed by atoms with van der Waals surface area (Å²) < 4.78 is 4.15. The number of carbonyl (C=O) groups is 3. The molecule has 2 unspecified atom stereocenters. The molecule has 4 N–H and O–H groups in total. The van der Waals surface area contributed by atoms with Gasteiger partial charge >= 0.3 is 11.9 Å². The van der Waals surface area contributed by atoms with Crippen LogP contribution in [0, 0.1) is 5.41 Å². The molecule has 0 fully saturated rings. The summed E-state index contributed by atoms with van der Waals surface area (Å²) >= 11 is 0. The van der Waals surface area contributed by atoms with Crippen molar-refractivity contribution in [2.75, 3.05) is 6.61 Å². The molecule has 0 saturated heterocycles. The minimum absolute atomic E-state index is 0.0857. The van der Waals surface area contributed by atoms with Crippen LogP contribution in [0.5, 0.6) is 0 Å². The lowest BCUT2D eigenvalue weighted by molar-refractivity contribution is -0.146. The second kappa shape index (κ2) is 12.0. The van der Waals surface area contributed by atoms with Crippen molar-refractivity contribution >= 4 is 18.4 Å². The van der Waals surface area contributed by atoms with Gasteiger partial charge in [0.25, 0.3) is 6.47 Å². The average Bonchev–Trinajstić information content (AvgIpc) is 2.60. The van der Waals surface area contributed by atoms with E-state index in [1.54, 1.807) is 6.92 Å². The van der Waals surface area contributed by atoms with E-state index >= 15 is 0 Å². The standard InChI is InChI=1S/C9H11NO4.C6H10.C3H6O2/c1-9(8(13)14)4-2-3-5(6(9)10)7(11)12;1-2-4-6-5-3-1;1-2-5-3-4/h2-4,6H,10H2,1H3,(H,11,12)(H,13,14);1-2H,3-6H2;3H,2H2,1H3. The lowest BCUT2D eigenvalue weighted by Crippen LogP contribution is -2.48. The molecule has 25 heavy (non-hydrogen) atoms. The van der Waals surface area contributed by atoms with Gasteiger partial charge in [0.05, 0.1) is 18.2 Å². The van der Waals surface area contributed by atoms with Crippen LogP contribution in [-0.4, -0.2) is 41.3 Å². The number of hydrogen-bond acceptors (Lipinski definition) is 5. The predicted octanol–water partition coefficient (Wildman–Crippen LogP) is 2.28. The predicted molar refractivity (Wildman–Crippen MR) is 93.9 cm³/mol. The number of rotatable bonds is 4. The number of carboxylic acid groups (broad SMARTS) is 2. The molecule has 0 saturated carbocycles. The number of aliphatic carboxylic acids is 2. The zero-order valence-electron chi connectivity index (χ0n) is 14.7. The summed E-state index contributed by atoms with van der Waals surface area (Å²) in [5, 5.41) is 17.7. The first-order valence-corrected chi connectivity index (χ1v) is 8.13. The summed E-state index contributed by atoms with van der Waals surface area (Å²) in [6.07, 6.45) is 14.1. The Labute approximate surface area is 147 Å². The molecule has 2 aliphatic rings. The Bertz CT molecular complexity index is 530. The lowest BCUT2D eigenvalue weighted by Gasteiger charge is -2.30. The number of carboxylic acids is 2. The molecule has 140 valence electrons. The van der Waals surface area contributed by atoms with Gasteiger partial charge in [0.15, 0.2) is 0 Å². The van der Waals surface area contributed by atoms with E-state index in [2.05, 4.69) is 16.9 Å². The molecule has 0 aromatic heterocycles. The molecule has 0 radical (unpaired) electrons. The fourth-order valence-corrected chi connectivity index (χ4v) is 2.12. The topological polar surface area (TPSA) is 127 Å². The van der Waals surface area contributed by atoms with Gasteiger partial charge in [-0.3, -0.25) is 9.59 Å². The molecule has 7 nitrogen and oxygen atoms in total. The van der Waals surface area contributed by atoms with Crippen LogP contribution in [0.25, 0.3) is 0 Å². The van der Waals surface area contributed by atoms with Crippen LogP contribution >= 0.6 is 0 Å². The summed E-state index contributed by atoms with van der Waals surface area (Å²) in [4.78, 5) is 30.8. The highest BCUT2D eigenvalue weighted by molar-refractivity contribution is 5.92. The van der Waals surface area contributed by atoms with Gasteiger partial charge in [-0.1, -0.05) is 30.4 Å². The molecular weight excluding hydrogens is 326 g/mol. The second-order valence-electron chi connectivity index (χ2n) is 5.66. The number of carbonyl (C=O) groups excluding carboxylic acids is 1. The van der Waals surface area contributed by atoms with Crippen molar-refractivity contribution in [3.05, 3.63) is 36.0 Å². The first-order chi connectivity index (χ1) is 11.8. The zero-order valence-corrected chi connectivity index (χ0v) is 14.7. The summed E-state index contributed by atoms with van der Waals surface area (Å²) in [6, 6.07) is -1.03. The SMILES string of the molecule is C1=CCCCC1.CC1(C(=O)O)C=CC=C(C(=O)O)C1N.CCOC=O. The monoisotopic (exact) mass is 353 g/mol. The molecule has 7 heteroatoms. The summed E-state index contributed by atoms with van der Waals surface area (Å²) in [5.41, 5.74) is 4.15. The van der Waals surface area contributed by atoms with Crippen molar-refractivity contribution in [1.29, 1.82) is 0 Å². The van der Waals surface area contributed by atoms with Crippen molar-refractivity contribution in [1.82, 2.24) is 0 Å². The Hall–Kier alpha value is -2.41. The normalized spacial score (nSPS) is 23.8. The minimum Gasteiger partial charge on any atom is -0.481 e. The molecule has 0 spiro atoms. The molecule has 0 amide bonds. The summed E-state index contributed by atoms with van der Waals surface area (Å²) in [7, 11) is 0. The maximum Gasteiger partial charge on any atom is 0.333 e. The Morgan fingerprint density at radius 1 is 1.32 bits per heavy atom. The van der Waals surface area contributed by atoms with E-state index in [-0.39, 0.29) is 5.57 Å². The van der Waals surface area contributed by atoms with Gasteiger partial charge in [-0.05, 0) is 39.5 Å². The number of ether oxygens (including phenoxy) is 1. The van der Waals surface area contributed by atoms with Crippen molar-refractivity contribution in [2.45, 2.75) is 45.6 Å². The van der Waals surface area contributed by atoms with Crippen LogP contribution in [0.1, 0.15) is 39.5 Å². The first-order valence-electron chi connectivity index (χ1n) is 8.13. The maximum absolute atomic E-state index is 10.9. The third kappa shape index (κ3) is 7.80. The lowest BCUT2D eigenvalue weighted by atomic mass is 9.76. The molecule has 0 bridgehead atoms. The van der Waals surface area contributed by atoms with Crippen molar-refractivity contribution in [3.63, 3.8) is 0 Å². The molecule has 2 atom stereocenters. The average molecular weight is 353 g/mol. The van der Waals surface area contributed by atoms with Crippen LogP contribution < -0.4 is 5.73 Å². The van der Waals surface area contributed by atoms with Gasteiger partial charge in [-0.25, -0.2) is 4.79 Å². The van der Waals surface area contributed by atoms with Crippen LogP contribution in [0.2, 0.25) is 0 Å². The Kier molecular flexibility index (Phi) is 10.9. The van der Waals surface area contributed by atoms with Gasteiger partial charge in [-0.15, -0.1) is 0 Å². The van der Waals surface area contributed by atoms with E-state index in [9.17, 15) is 14.4 Å². The molecule has 0 aromatic carbocycles. The molecule has 0 heterocycles. The van der Waals surface area contributed by atoms with Crippen molar-refractivity contribution in [2.24, 2.45) is 11.1 Å². The molecule has 0 aliphatic heterocycles. The van der Waals surface area contributed by atoms with Crippen molar-refractivity contribution in [3.8, 4) is 0 Å². The van der Waals surface area contributed by atoms with Crippen LogP contribution in [0.3, 0.4) is 0 Å². The van der Waals surface area contributed by atoms with E-state index in [4.69, 9.17) is 15.9 Å². The van der Waals surface area contributed by atoms with Crippen LogP contribution in [0.15, 0.2) is 36.0 Å². The Morgan fingerprint density at radius 3 is 2.16 bits per heavy atom. The fraction of sp³-hybridized carbons (Fsp3) is 0.500. The Balaban J connectivity index is 0.000000429. The van der Waals surface area contributed by atoms with E-state index in [1.807, 2.05) is 0 Å². The van der Waals surface area contributed by atoms with Gasteiger partial charge in [-0.2, -0.15) is 0 Å². The van der Waals surface area contributed by atoms with Gasteiger partial charge < -0.3 is 20.7 Å². The van der Waals surface area contributed by atoms with Crippen LogP contribution in [0.4, 0.5) is 0 Å². The highest BCUT2D eigenvalue weighted by Crippen LogP contribution is 2.30. The molecular formula is C18H27NO6. The van der Waals surface area contributed by atoms with E-state index < -0.39 is 23.4 Å². The Morgan fingerprint density at radius 2 is 1.88 bits per heavy atom. The van der Waals surface area contributed by atoms with E-state index in [0.717, 1.165) is 0 Å². The van der Waals surface area contributed by atoms with Gasteiger partial charge in [0.1, 0.15) is 5.41 Å². The fourth-order valence-electron chi connectivity index (χ4n) is 2.12. The highest BCUT2D eigenvalue weighted by atomic mass is 16.5. The largest absolute Gasteiger partial charge is 0.481 e. The molecule has 2 aliphatic carbocycles. The zero-order chi connectivity index (χ0) is 19.3. The quantitative estimate of drug-likeness (QED) is 0.522. The second-order valence-corrected chi connectivity index (χ2v) is 5.66. The smallest absolute Gasteiger partial charge is 0.333 e. The summed E-state index contributed by atoms with van der Waals surface area (Å²) in [6.45, 7) is 4.06. The molecule has 0 aromatic rings.